The zero-order valence-electron chi connectivity index (χ0n) is 21.5. The first-order chi connectivity index (χ1) is 17.4. The van der Waals surface area contributed by atoms with E-state index in [1.165, 1.54) is 44.7 Å². The summed E-state index contributed by atoms with van der Waals surface area (Å²) in [4.78, 5) is 24.5. The Morgan fingerprint density at radius 1 is 1.06 bits per heavy atom. The summed E-state index contributed by atoms with van der Waals surface area (Å²) in [6.45, 7) is 13.8. The Labute approximate surface area is 219 Å². The molecule has 0 spiro atoms. The number of imidazole rings is 1. The number of aromatic nitrogens is 2. The number of halogens is 1. The summed E-state index contributed by atoms with van der Waals surface area (Å²) in [5, 5.41) is 7.63. The topological polar surface area (TPSA) is 75.7 Å². The molecule has 8 heteroatoms. The molecule has 2 atom stereocenters. The number of rotatable bonds is 5. The largest absolute Gasteiger partial charge is 0.483 e. The van der Waals surface area contributed by atoms with Crippen molar-refractivity contribution in [2.45, 2.75) is 45.7 Å². The minimum atomic E-state index is -0.250. The van der Waals surface area contributed by atoms with Crippen molar-refractivity contribution in [2.24, 2.45) is 5.92 Å². The summed E-state index contributed by atoms with van der Waals surface area (Å²) in [7, 11) is 0. The van der Waals surface area contributed by atoms with Gasteiger partial charge in [0.15, 0.2) is 0 Å². The molecule has 5 rings (SSSR count). The number of aromatic amines is 1. The van der Waals surface area contributed by atoms with E-state index in [2.05, 4.69) is 58.7 Å². The highest BCUT2D eigenvalue weighted by Crippen LogP contribution is 2.34. The van der Waals surface area contributed by atoms with E-state index >= 15 is 0 Å². The minimum absolute atomic E-state index is 0.250. The number of hydrogen-bond acceptors (Lipinski definition) is 5. The predicted octanol–water partition coefficient (Wildman–Crippen LogP) is 5.22. The number of anilines is 1. The smallest absolute Gasteiger partial charge is 0.290 e. The quantitative estimate of drug-likeness (QED) is 0.458. The first kappa shape index (κ1) is 26.5. The van der Waals surface area contributed by atoms with E-state index in [0.29, 0.717) is 18.0 Å². The predicted molar refractivity (Wildman–Crippen MR) is 148 cm³/mol. The Kier molecular flexibility index (Phi) is 8.88. The first-order valence-corrected chi connectivity index (χ1v) is 13.3. The normalized spacial score (nSPS) is 20.2. The summed E-state index contributed by atoms with van der Waals surface area (Å²) >= 11 is 6.62. The average molecular weight is 512 g/mol. The molecule has 2 aromatic carbocycles. The molecule has 2 N–H and O–H groups in total. The monoisotopic (exact) mass is 511 g/mol. The van der Waals surface area contributed by atoms with Crippen LogP contribution in [0.4, 0.5) is 5.69 Å². The third kappa shape index (κ3) is 6.02. The van der Waals surface area contributed by atoms with E-state index in [0.717, 1.165) is 40.5 Å². The standard InChI is InChI=1S/C27H36ClN5.CH2O2/c1-19(2)31-13-15-32(16-14-31)20(3)21-7-6-12-33(18-21)22-10-11-24(28)23(17-22)27-29-25-8-4-5-9-26(25)30-27;2-1-3/h4-5,8-11,17,19-21H,6-7,12-16,18H2,1-3H3,(H,29,30);1H,(H,2,3)/t20?,21-;/m1./s1. The van der Waals surface area contributed by atoms with Gasteiger partial charge in [0.2, 0.25) is 0 Å². The zero-order valence-corrected chi connectivity index (χ0v) is 22.3. The molecule has 0 aliphatic carbocycles. The van der Waals surface area contributed by atoms with Gasteiger partial charge in [-0.05, 0) is 69.9 Å². The second-order valence-corrected chi connectivity index (χ2v) is 10.5. The van der Waals surface area contributed by atoms with Crippen molar-refractivity contribution in [3.63, 3.8) is 0 Å². The van der Waals surface area contributed by atoms with Crippen molar-refractivity contribution < 1.29 is 9.90 Å². The van der Waals surface area contributed by atoms with Crippen LogP contribution in [0.1, 0.15) is 33.6 Å². The van der Waals surface area contributed by atoms with Crippen LogP contribution in [0.5, 0.6) is 0 Å². The molecule has 0 saturated carbocycles. The molecule has 2 fully saturated rings. The number of hydrogen-bond donors (Lipinski definition) is 2. The van der Waals surface area contributed by atoms with Crippen molar-refractivity contribution in [1.82, 2.24) is 19.8 Å². The lowest BCUT2D eigenvalue weighted by atomic mass is 9.89. The van der Waals surface area contributed by atoms with Crippen LogP contribution in [-0.2, 0) is 4.79 Å². The molecule has 0 radical (unpaired) electrons. The van der Waals surface area contributed by atoms with Gasteiger partial charge in [-0.25, -0.2) is 4.98 Å². The molecule has 3 heterocycles. The van der Waals surface area contributed by atoms with Crippen molar-refractivity contribution in [2.75, 3.05) is 44.2 Å². The van der Waals surface area contributed by atoms with Crippen LogP contribution in [0, 0.1) is 5.92 Å². The Balaban J connectivity index is 0.000000967. The Morgan fingerprint density at radius 2 is 1.75 bits per heavy atom. The molecule has 1 unspecified atom stereocenters. The lowest BCUT2D eigenvalue weighted by Gasteiger charge is -2.45. The molecule has 1 aromatic heterocycles. The van der Waals surface area contributed by atoms with E-state index < -0.39 is 0 Å². The number of benzene rings is 2. The number of piperidine rings is 1. The first-order valence-electron chi connectivity index (χ1n) is 13.0. The molecule has 3 aromatic rings. The summed E-state index contributed by atoms with van der Waals surface area (Å²) in [6, 6.07) is 15.8. The number of fused-ring (bicyclic) bond motifs is 1. The molecule has 2 aliphatic heterocycles. The highest BCUT2D eigenvalue weighted by Gasteiger charge is 2.31. The number of para-hydroxylation sites is 2. The molecule has 0 amide bonds. The van der Waals surface area contributed by atoms with Gasteiger partial charge in [0.25, 0.3) is 6.47 Å². The van der Waals surface area contributed by atoms with Crippen LogP contribution >= 0.6 is 11.6 Å². The molecule has 7 nitrogen and oxygen atoms in total. The van der Waals surface area contributed by atoms with Gasteiger partial charge in [-0.1, -0.05) is 23.7 Å². The second kappa shape index (κ2) is 12.1. The molecule has 0 bridgehead atoms. The van der Waals surface area contributed by atoms with Crippen LogP contribution in [0.3, 0.4) is 0 Å². The highest BCUT2D eigenvalue weighted by molar-refractivity contribution is 6.33. The van der Waals surface area contributed by atoms with Gasteiger partial charge in [0.05, 0.1) is 16.1 Å². The average Bonchev–Trinajstić information content (AvgIpc) is 3.33. The van der Waals surface area contributed by atoms with Crippen LogP contribution in [0.25, 0.3) is 22.4 Å². The lowest BCUT2D eigenvalue weighted by Crippen LogP contribution is -2.54. The number of H-pyrrole nitrogens is 1. The lowest BCUT2D eigenvalue weighted by molar-refractivity contribution is -0.122. The number of carboxylic acid groups (broad SMARTS) is 1. The van der Waals surface area contributed by atoms with Crippen molar-refractivity contribution >= 4 is 34.8 Å². The molecular weight excluding hydrogens is 474 g/mol. The van der Waals surface area contributed by atoms with E-state index in [9.17, 15) is 0 Å². The molecular formula is C28H38ClN5O2. The maximum absolute atomic E-state index is 8.36. The van der Waals surface area contributed by atoms with Gasteiger partial charge >= 0.3 is 0 Å². The molecule has 36 heavy (non-hydrogen) atoms. The summed E-state index contributed by atoms with van der Waals surface area (Å²) in [5.41, 5.74) is 4.23. The van der Waals surface area contributed by atoms with Crippen molar-refractivity contribution in [1.29, 1.82) is 0 Å². The highest BCUT2D eigenvalue weighted by atomic mass is 35.5. The number of nitrogens with zero attached hydrogens (tertiary/aromatic N) is 4. The van der Waals surface area contributed by atoms with E-state index in [-0.39, 0.29) is 6.47 Å². The van der Waals surface area contributed by atoms with Gasteiger partial charge < -0.3 is 15.0 Å². The maximum Gasteiger partial charge on any atom is 0.290 e. The van der Waals surface area contributed by atoms with Gasteiger partial charge in [-0.2, -0.15) is 0 Å². The van der Waals surface area contributed by atoms with Crippen LogP contribution < -0.4 is 4.90 Å². The summed E-state index contributed by atoms with van der Waals surface area (Å²) in [5.74, 6) is 1.53. The third-order valence-corrected chi connectivity index (χ3v) is 8.08. The van der Waals surface area contributed by atoms with Crippen molar-refractivity contribution in [3.8, 4) is 11.4 Å². The minimum Gasteiger partial charge on any atom is -0.483 e. The fourth-order valence-corrected chi connectivity index (χ4v) is 5.78. The summed E-state index contributed by atoms with van der Waals surface area (Å²) < 4.78 is 0. The number of nitrogens with one attached hydrogen (secondary N) is 1. The Hall–Kier alpha value is -2.61. The van der Waals surface area contributed by atoms with E-state index in [1.54, 1.807) is 0 Å². The van der Waals surface area contributed by atoms with E-state index in [1.807, 2.05) is 24.3 Å². The Morgan fingerprint density at radius 3 is 2.44 bits per heavy atom. The van der Waals surface area contributed by atoms with Crippen molar-refractivity contribution in [3.05, 3.63) is 47.5 Å². The van der Waals surface area contributed by atoms with Gasteiger partial charge in [-0.15, -0.1) is 0 Å². The Bertz CT molecular complexity index is 1110. The fourth-order valence-electron chi connectivity index (χ4n) is 5.57. The van der Waals surface area contributed by atoms with Gasteiger partial charge in [0.1, 0.15) is 5.82 Å². The second-order valence-electron chi connectivity index (χ2n) is 10.1. The zero-order chi connectivity index (χ0) is 25.7. The SMILES string of the molecule is CC(C)N1CCN(C(C)[C@@H]2CCCN(c3ccc(Cl)c(-c4nc5ccccc5[nH]4)c3)C2)CC1.O=CO. The molecule has 2 aliphatic rings. The van der Waals surface area contributed by atoms with Gasteiger partial charge in [-0.3, -0.25) is 14.6 Å². The molecule has 194 valence electrons. The number of piperazine rings is 1. The van der Waals surface area contributed by atoms with Crippen LogP contribution in [0.2, 0.25) is 5.02 Å². The third-order valence-electron chi connectivity index (χ3n) is 7.75. The van der Waals surface area contributed by atoms with Gasteiger partial charge in [0, 0.05) is 62.6 Å². The maximum atomic E-state index is 8.36. The van der Waals surface area contributed by atoms with E-state index in [4.69, 9.17) is 26.5 Å². The molecule has 2 saturated heterocycles. The fraction of sp³-hybridized carbons (Fsp3) is 0.500. The number of carbonyl (C=O) groups is 1. The summed E-state index contributed by atoms with van der Waals surface area (Å²) in [6.07, 6.45) is 2.55. The van der Waals surface area contributed by atoms with Crippen LogP contribution in [0.15, 0.2) is 42.5 Å². The van der Waals surface area contributed by atoms with Crippen LogP contribution in [-0.4, -0.2) is 82.7 Å².